The number of para-hydroxylation sites is 1. The highest BCUT2D eigenvalue weighted by Gasteiger charge is 2.20. The number of hydrogen-bond acceptors (Lipinski definition) is 4. The van der Waals surface area contributed by atoms with Crippen molar-refractivity contribution in [1.82, 2.24) is 14.8 Å². The van der Waals surface area contributed by atoms with E-state index in [9.17, 15) is 4.79 Å². The van der Waals surface area contributed by atoms with Gasteiger partial charge in [-0.25, -0.2) is 4.98 Å². The third kappa shape index (κ3) is 4.86. The molecule has 5 heteroatoms. The van der Waals surface area contributed by atoms with Gasteiger partial charge in [0.25, 0.3) is 0 Å². The number of nitrogens with zero attached hydrogens (tertiary/aromatic N) is 3. The van der Waals surface area contributed by atoms with E-state index < -0.39 is 0 Å². The first-order valence-corrected chi connectivity index (χ1v) is 10.7. The number of amides is 1. The number of fused-ring (bicyclic) bond motifs is 1. The van der Waals surface area contributed by atoms with Crippen molar-refractivity contribution in [3.63, 3.8) is 0 Å². The predicted molar refractivity (Wildman–Crippen MR) is 116 cm³/mol. The molecule has 2 heterocycles. The third-order valence-corrected chi connectivity index (χ3v) is 6.19. The summed E-state index contributed by atoms with van der Waals surface area (Å²) < 4.78 is 1.20. The summed E-state index contributed by atoms with van der Waals surface area (Å²) in [5, 5.41) is 1.05. The van der Waals surface area contributed by atoms with E-state index in [-0.39, 0.29) is 5.91 Å². The molecule has 1 aliphatic rings. The lowest BCUT2D eigenvalue weighted by Crippen LogP contribution is -2.48. The SMILES string of the molecule is O=C(CCc1nc2ccccc2s1)N1CCN(CC=Cc2ccccc2)CC1. The minimum Gasteiger partial charge on any atom is -0.340 e. The lowest BCUT2D eigenvalue weighted by atomic mass is 10.2. The average Bonchev–Trinajstić information content (AvgIpc) is 3.16. The second kappa shape index (κ2) is 9.13. The molecule has 0 atom stereocenters. The first-order valence-electron chi connectivity index (χ1n) is 9.84. The van der Waals surface area contributed by atoms with Gasteiger partial charge in [-0.3, -0.25) is 9.69 Å². The number of thiazole rings is 1. The first kappa shape index (κ1) is 18.8. The molecule has 0 saturated carbocycles. The molecule has 1 aromatic heterocycles. The van der Waals surface area contributed by atoms with Crippen LogP contribution in [0.15, 0.2) is 60.7 Å². The molecule has 0 unspecified atom stereocenters. The Labute approximate surface area is 170 Å². The molecule has 0 spiro atoms. The van der Waals surface area contributed by atoms with Crippen molar-refractivity contribution in [3.05, 3.63) is 71.2 Å². The molecule has 2 aromatic carbocycles. The van der Waals surface area contributed by atoms with Gasteiger partial charge < -0.3 is 4.90 Å². The molecule has 3 aromatic rings. The van der Waals surface area contributed by atoms with Crippen LogP contribution in [0.1, 0.15) is 17.0 Å². The molecule has 4 nitrogen and oxygen atoms in total. The van der Waals surface area contributed by atoms with Gasteiger partial charge in [0.05, 0.1) is 15.2 Å². The normalized spacial score (nSPS) is 15.5. The maximum atomic E-state index is 12.6. The van der Waals surface area contributed by atoms with Crippen LogP contribution in [0.25, 0.3) is 16.3 Å². The van der Waals surface area contributed by atoms with E-state index >= 15 is 0 Å². The Kier molecular flexibility index (Phi) is 6.14. The zero-order valence-corrected chi connectivity index (χ0v) is 16.8. The number of aromatic nitrogens is 1. The smallest absolute Gasteiger partial charge is 0.223 e. The minimum absolute atomic E-state index is 0.249. The quantitative estimate of drug-likeness (QED) is 0.635. The van der Waals surface area contributed by atoms with Crippen LogP contribution in [-0.4, -0.2) is 53.4 Å². The van der Waals surface area contributed by atoms with Gasteiger partial charge in [-0.15, -0.1) is 11.3 Å². The van der Waals surface area contributed by atoms with Crippen LogP contribution < -0.4 is 0 Å². The van der Waals surface area contributed by atoms with E-state index in [4.69, 9.17) is 0 Å². The van der Waals surface area contributed by atoms with Crippen LogP contribution in [0, 0.1) is 0 Å². The minimum atomic E-state index is 0.249. The van der Waals surface area contributed by atoms with Crippen LogP contribution in [0.4, 0.5) is 0 Å². The van der Waals surface area contributed by atoms with E-state index in [1.54, 1.807) is 11.3 Å². The molecule has 0 aliphatic carbocycles. The van der Waals surface area contributed by atoms with Gasteiger partial charge in [0, 0.05) is 45.6 Å². The average molecular weight is 392 g/mol. The van der Waals surface area contributed by atoms with Crippen LogP contribution in [0.2, 0.25) is 0 Å². The highest BCUT2D eigenvalue weighted by atomic mass is 32.1. The second-order valence-corrected chi connectivity index (χ2v) is 8.18. The van der Waals surface area contributed by atoms with Crippen molar-refractivity contribution in [1.29, 1.82) is 0 Å². The maximum absolute atomic E-state index is 12.6. The highest BCUT2D eigenvalue weighted by molar-refractivity contribution is 7.18. The summed E-state index contributed by atoms with van der Waals surface area (Å²) in [5.74, 6) is 0.249. The zero-order chi connectivity index (χ0) is 19.2. The van der Waals surface area contributed by atoms with E-state index in [0.29, 0.717) is 6.42 Å². The zero-order valence-electron chi connectivity index (χ0n) is 16.0. The van der Waals surface area contributed by atoms with Gasteiger partial charge in [0.1, 0.15) is 0 Å². The molecule has 0 N–H and O–H groups in total. The molecule has 0 bridgehead atoms. The highest BCUT2D eigenvalue weighted by Crippen LogP contribution is 2.22. The van der Waals surface area contributed by atoms with Gasteiger partial charge in [0.2, 0.25) is 5.91 Å². The number of carbonyl (C=O) groups is 1. The van der Waals surface area contributed by atoms with Crippen molar-refractivity contribution in [2.24, 2.45) is 0 Å². The number of benzene rings is 2. The summed E-state index contributed by atoms with van der Waals surface area (Å²) in [6.45, 7) is 4.44. The summed E-state index contributed by atoms with van der Waals surface area (Å²) in [6, 6.07) is 18.5. The molecule has 144 valence electrons. The van der Waals surface area contributed by atoms with Crippen molar-refractivity contribution in [2.75, 3.05) is 32.7 Å². The standard InChI is InChI=1S/C23H25N3OS/c27-23(13-12-22-24-20-10-4-5-11-21(20)28-22)26-17-15-25(16-18-26)14-6-9-19-7-2-1-3-8-19/h1-11H,12-18H2. The van der Waals surface area contributed by atoms with Crippen molar-refractivity contribution < 1.29 is 4.79 Å². The molecular weight excluding hydrogens is 366 g/mol. The van der Waals surface area contributed by atoms with Crippen LogP contribution >= 0.6 is 11.3 Å². The Hall–Kier alpha value is -2.50. The van der Waals surface area contributed by atoms with Crippen molar-refractivity contribution in [3.8, 4) is 0 Å². The van der Waals surface area contributed by atoms with Gasteiger partial charge in [-0.2, -0.15) is 0 Å². The molecule has 1 saturated heterocycles. The predicted octanol–water partition coefficient (Wildman–Crippen LogP) is 4.09. The molecule has 1 amide bonds. The molecular formula is C23H25N3OS. The summed E-state index contributed by atoms with van der Waals surface area (Å²) in [6.07, 6.45) is 5.65. The van der Waals surface area contributed by atoms with E-state index in [1.165, 1.54) is 10.3 Å². The van der Waals surface area contributed by atoms with Crippen LogP contribution in [0.3, 0.4) is 0 Å². The van der Waals surface area contributed by atoms with Crippen molar-refractivity contribution in [2.45, 2.75) is 12.8 Å². The number of piperazine rings is 1. The molecule has 0 radical (unpaired) electrons. The summed E-state index contributed by atoms with van der Waals surface area (Å²) in [4.78, 5) is 21.6. The van der Waals surface area contributed by atoms with E-state index in [2.05, 4.69) is 52.4 Å². The molecule has 1 aliphatic heterocycles. The van der Waals surface area contributed by atoms with Crippen LogP contribution in [-0.2, 0) is 11.2 Å². The first-order chi connectivity index (χ1) is 13.8. The van der Waals surface area contributed by atoms with E-state index in [0.717, 1.165) is 49.7 Å². The molecule has 4 rings (SSSR count). The lowest BCUT2D eigenvalue weighted by molar-refractivity contribution is -0.132. The van der Waals surface area contributed by atoms with Crippen molar-refractivity contribution >= 4 is 33.5 Å². The summed E-state index contributed by atoms with van der Waals surface area (Å²) in [5.41, 5.74) is 2.26. The largest absolute Gasteiger partial charge is 0.340 e. The fourth-order valence-corrected chi connectivity index (χ4v) is 4.45. The third-order valence-electron chi connectivity index (χ3n) is 5.09. The number of rotatable bonds is 6. The second-order valence-electron chi connectivity index (χ2n) is 7.07. The van der Waals surface area contributed by atoms with E-state index in [1.807, 2.05) is 29.2 Å². The molecule has 28 heavy (non-hydrogen) atoms. The number of aryl methyl sites for hydroxylation is 1. The Morgan fingerprint density at radius 3 is 2.54 bits per heavy atom. The van der Waals surface area contributed by atoms with Gasteiger partial charge in [-0.1, -0.05) is 54.6 Å². The monoisotopic (exact) mass is 391 g/mol. The Bertz CT molecular complexity index is 910. The summed E-state index contributed by atoms with van der Waals surface area (Å²) in [7, 11) is 0. The van der Waals surface area contributed by atoms with Gasteiger partial charge in [-0.05, 0) is 17.7 Å². The number of hydrogen-bond donors (Lipinski definition) is 0. The molecule has 1 fully saturated rings. The lowest BCUT2D eigenvalue weighted by Gasteiger charge is -2.34. The van der Waals surface area contributed by atoms with Gasteiger partial charge >= 0.3 is 0 Å². The maximum Gasteiger partial charge on any atom is 0.223 e. The topological polar surface area (TPSA) is 36.4 Å². The van der Waals surface area contributed by atoms with Crippen LogP contribution in [0.5, 0.6) is 0 Å². The Balaban J connectivity index is 1.21. The fraction of sp³-hybridized carbons (Fsp3) is 0.304. The Morgan fingerprint density at radius 1 is 1.00 bits per heavy atom. The van der Waals surface area contributed by atoms with Gasteiger partial charge in [0.15, 0.2) is 0 Å². The number of carbonyl (C=O) groups excluding carboxylic acids is 1. The fourth-order valence-electron chi connectivity index (χ4n) is 3.48. The summed E-state index contributed by atoms with van der Waals surface area (Å²) >= 11 is 1.70. The Morgan fingerprint density at radius 2 is 1.75 bits per heavy atom.